The summed E-state index contributed by atoms with van der Waals surface area (Å²) in [6.07, 6.45) is 0.310. The molecule has 0 saturated carbocycles. The highest BCUT2D eigenvalue weighted by Crippen LogP contribution is 2.21. The summed E-state index contributed by atoms with van der Waals surface area (Å²) in [5.74, 6) is -1.84. The number of esters is 1. The number of fused-ring (bicyclic) bond motifs is 1. The fraction of sp³-hybridized carbons (Fsp3) is 0.250. The summed E-state index contributed by atoms with van der Waals surface area (Å²) in [7, 11) is 0. The van der Waals surface area contributed by atoms with Crippen LogP contribution in [-0.4, -0.2) is 38.5 Å². The molecule has 1 amide bonds. The Kier molecular flexibility index (Phi) is 7.12. The van der Waals surface area contributed by atoms with Crippen LogP contribution in [0.5, 0.6) is 0 Å². The molecule has 0 aliphatic heterocycles. The Morgan fingerprint density at radius 2 is 1.73 bits per heavy atom. The van der Waals surface area contributed by atoms with Crippen LogP contribution in [0.25, 0.3) is 17.0 Å². The first-order valence-corrected chi connectivity index (χ1v) is 10.2. The number of aliphatic carboxylic acids is 1. The maximum Gasteiger partial charge on any atom is 0.412 e. The Labute approximate surface area is 190 Å². The van der Waals surface area contributed by atoms with Crippen LogP contribution >= 0.6 is 0 Å². The van der Waals surface area contributed by atoms with Gasteiger partial charge in [-0.3, -0.25) is 14.8 Å². The van der Waals surface area contributed by atoms with Crippen LogP contribution in [-0.2, 0) is 32.2 Å². The SMILES string of the molecule is CC(C)(C)OC(=O)Cn1nc(C=C(NC(=O)OCc2ccccc2)C(=O)O)c2ccccc21. The number of ether oxygens (including phenoxy) is 2. The molecule has 1 aromatic heterocycles. The topological polar surface area (TPSA) is 120 Å². The minimum atomic E-state index is -1.36. The number of carbonyl (C=O) groups is 3. The number of aromatic nitrogens is 2. The van der Waals surface area contributed by atoms with E-state index >= 15 is 0 Å². The van der Waals surface area contributed by atoms with E-state index in [1.165, 1.54) is 10.8 Å². The Morgan fingerprint density at radius 3 is 2.39 bits per heavy atom. The fourth-order valence-corrected chi connectivity index (χ4v) is 3.03. The largest absolute Gasteiger partial charge is 0.477 e. The Morgan fingerprint density at radius 1 is 1.06 bits per heavy atom. The first-order valence-electron chi connectivity index (χ1n) is 10.2. The molecule has 0 aliphatic rings. The highest BCUT2D eigenvalue weighted by molar-refractivity contribution is 5.98. The van der Waals surface area contributed by atoms with E-state index < -0.39 is 29.3 Å². The van der Waals surface area contributed by atoms with Gasteiger partial charge in [0, 0.05) is 5.39 Å². The molecule has 1 heterocycles. The van der Waals surface area contributed by atoms with Crippen molar-refractivity contribution in [3.63, 3.8) is 0 Å². The van der Waals surface area contributed by atoms with Gasteiger partial charge in [0.1, 0.15) is 24.4 Å². The van der Waals surface area contributed by atoms with Gasteiger partial charge in [-0.25, -0.2) is 9.59 Å². The molecule has 33 heavy (non-hydrogen) atoms. The van der Waals surface area contributed by atoms with Gasteiger partial charge in [0.25, 0.3) is 0 Å². The van der Waals surface area contributed by atoms with Crippen LogP contribution in [0.2, 0.25) is 0 Å². The van der Waals surface area contributed by atoms with Crippen molar-refractivity contribution in [3.8, 4) is 0 Å². The number of hydrogen-bond donors (Lipinski definition) is 2. The molecular formula is C24H25N3O6. The van der Waals surface area contributed by atoms with Crippen LogP contribution < -0.4 is 5.32 Å². The van der Waals surface area contributed by atoms with E-state index in [-0.39, 0.29) is 18.8 Å². The van der Waals surface area contributed by atoms with Gasteiger partial charge >= 0.3 is 18.0 Å². The summed E-state index contributed by atoms with van der Waals surface area (Å²) < 4.78 is 11.9. The first kappa shape index (κ1) is 23.5. The third kappa shape index (κ3) is 6.67. The average Bonchev–Trinajstić information content (AvgIpc) is 3.08. The van der Waals surface area contributed by atoms with Gasteiger partial charge in [0.05, 0.1) is 11.2 Å². The lowest BCUT2D eigenvalue weighted by atomic mass is 10.2. The van der Waals surface area contributed by atoms with Crippen molar-refractivity contribution in [1.82, 2.24) is 15.1 Å². The molecule has 0 spiro atoms. The minimum absolute atomic E-state index is 0.00693. The molecule has 0 fully saturated rings. The molecule has 9 heteroatoms. The maximum absolute atomic E-state index is 12.3. The van der Waals surface area contributed by atoms with Gasteiger partial charge in [0.15, 0.2) is 0 Å². The molecule has 0 radical (unpaired) electrons. The molecular weight excluding hydrogens is 426 g/mol. The number of nitrogens with one attached hydrogen (secondary N) is 1. The quantitative estimate of drug-likeness (QED) is 0.415. The zero-order valence-corrected chi connectivity index (χ0v) is 18.6. The maximum atomic E-state index is 12.3. The number of nitrogens with zero attached hydrogens (tertiary/aromatic N) is 2. The summed E-state index contributed by atoms with van der Waals surface area (Å²) >= 11 is 0. The summed E-state index contributed by atoms with van der Waals surface area (Å²) in [5, 5.41) is 16.8. The van der Waals surface area contributed by atoms with Crippen molar-refractivity contribution in [2.75, 3.05) is 0 Å². The Balaban J connectivity index is 1.82. The van der Waals surface area contributed by atoms with Crippen molar-refractivity contribution in [3.05, 3.63) is 71.6 Å². The van der Waals surface area contributed by atoms with Crippen LogP contribution in [0.3, 0.4) is 0 Å². The average molecular weight is 451 g/mol. The molecule has 3 rings (SSSR count). The normalized spacial score (nSPS) is 11.8. The lowest BCUT2D eigenvalue weighted by molar-refractivity contribution is -0.155. The summed E-state index contributed by atoms with van der Waals surface area (Å²) in [6.45, 7) is 5.14. The highest BCUT2D eigenvalue weighted by Gasteiger charge is 2.20. The van der Waals surface area contributed by atoms with E-state index in [2.05, 4.69) is 10.4 Å². The van der Waals surface area contributed by atoms with Crippen molar-refractivity contribution >= 4 is 35.0 Å². The second kappa shape index (κ2) is 9.99. The molecule has 0 saturated heterocycles. The third-order valence-corrected chi connectivity index (χ3v) is 4.35. The second-order valence-electron chi connectivity index (χ2n) is 8.20. The monoisotopic (exact) mass is 451 g/mol. The number of rotatable bonds is 7. The van der Waals surface area contributed by atoms with Crippen molar-refractivity contribution < 1.29 is 29.0 Å². The van der Waals surface area contributed by atoms with Crippen LogP contribution in [0.1, 0.15) is 32.0 Å². The lowest BCUT2D eigenvalue weighted by Crippen LogP contribution is -2.28. The second-order valence-corrected chi connectivity index (χ2v) is 8.20. The van der Waals surface area contributed by atoms with Crippen molar-refractivity contribution in [2.45, 2.75) is 39.5 Å². The predicted octanol–water partition coefficient (Wildman–Crippen LogP) is 3.73. The van der Waals surface area contributed by atoms with Crippen LogP contribution in [0.15, 0.2) is 60.3 Å². The number of alkyl carbamates (subject to hydrolysis) is 1. The summed E-state index contributed by atoms with van der Waals surface area (Å²) in [6, 6.07) is 16.0. The standard InChI is InChI=1S/C24H25N3O6/c1-24(2,3)33-21(28)14-27-20-12-8-7-11-17(20)18(26-27)13-19(22(29)30)25-23(31)32-15-16-9-5-4-6-10-16/h4-13H,14-15H2,1-3H3,(H,25,31)(H,29,30). The number of hydrogen-bond acceptors (Lipinski definition) is 6. The molecule has 2 aromatic carbocycles. The number of carboxylic acid groups (broad SMARTS) is 1. The lowest BCUT2D eigenvalue weighted by Gasteiger charge is -2.19. The van der Waals surface area contributed by atoms with E-state index in [9.17, 15) is 19.5 Å². The molecule has 9 nitrogen and oxygen atoms in total. The zero-order chi connectivity index (χ0) is 24.0. The van der Waals surface area contributed by atoms with E-state index in [0.717, 1.165) is 5.56 Å². The van der Waals surface area contributed by atoms with Gasteiger partial charge in [-0.05, 0) is 38.5 Å². The van der Waals surface area contributed by atoms with Gasteiger partial charge in [-0.15, -0.1) is 0 Å². The molecule has 0 bridgehead atoms. The first-order chi connectivity index (χ1) is 15.6. The molecule has 172 valence electrons. The summed E-state index contributed by atoms with van der Waals surface area (Å²) in [5.41, 5.74) is 0.588. The van der Waals surface area contributed by atoms with Gasteiger partial charge in [-0.2, -0.15) is 5.10 Å². The Bertz CT molecular complexity index is 1190. The van der Waals surface area contributed by atoms with E-state index in [1.54, 1.807) is 69.3 Å². The van der Waals surface area contributed by atoms with Crippen molar-refractivity contribution in [2.24, 2.45) is 0 Å². The van der Waals surface area contributed by atoms with E-state index in [4.69, 9.17) is 9.47 Å². The summed E-state index contributed by atoms with van der Waals surface area (Å²) in [4.78, 5) is 36.2. The van der Waals surface area contributed by atoms with Gasteiger partial charge in [-0.1, -0.05) is 48.5 Å². The third-order valence-electron chi connectivity index (χ3n) is 4.35. The molecule has 0 unspecified atom stereocenters. The van der Waals surface area contributed by atoms with Gasteiger partial charge in [0.2, 0.25) is 0 Å². The van der Waals surface area contributed by atoms with E-state index in [1.807, 2.05) is 6.07 Å². The smallest absolute Gasteiger partial charge is 0.412 e. The number of amides is 1. The number of carbonyl (C=O) groups excluding carboxylic acids is 2. The van der Waals surface area contributed by atoms with Crippen LogP contribution in [0, 0.1) is 0 Å². The van der Waals surface area contributed by atoms with Crippen molar-refractivity contribution in [1.29, 1.82) is 0 Å². The molecule has 0 aliphatic carbocycles. The Hall–Kier alpha value is -4.14. The zero-order valence-electron chi connectivity index (χ0n) is 18.6. The number of carboxylic acids is 1. The van der Waals surface area contributed by atoms with Gasteiger partial charge < -0.3 is 14.6 Å². The molecule has 3 aromatic rings. The number of benzene rings is 2. The molecule has 0 atom stereocenters. The van der Waals surface area contributed by atoms with Crippen LogP contribution in [0.4, 0.5) is 4.79 Å². The number of para-hydroxylation sites is 1. The minimum Gasteiger partial charge on any atom is -0.477 e. The molecule has 2 N–H and O–H groups in total. The highest BCUT2D eigenvalue weighted by atomic mass is 16.6. The predicted molar refractivity (Wildman–Crippen MR) is 121 cm³/mol. The fourth-order valence-electron chi connectivity index (χ4n) is 3.03. The van der Waals surface area contributed by atoms with E-state index in [0.29, 0.717) is 10.9 Å².